The number of aliphatic hydroxyl groups excluding tert-OH is 1. The fourth-order valence-corrected chi connectivity index (χ4v) is 2.92. The van der Waals surface area contributed by atoms with Crippen LogP contribution >= 0.6 is 11.6 Å². The normalized spacial score (nSPS) is 22.3. The van der Waals surface area contributed by atoms with Gasteiger partial charge < -0.3 is 9.84 Å². The molecule has 1 fully saturated rings. The van der Waals surface area contributed by atoms with Gasteiger partial charge in [-0.15, -0.1) is 5.10 Å². The van der Waals surface area contributed by atoms with Crippen LogP contribution in [0.3, 0.4) is 0 Å². The molecule has 0 aliphatic carbocycles. The van der Waals surface area contributed by atoms with Crippen LogP contribution in [0.4, 0.5) is 0 Å². The molecular weight excluding hydrogens is 304 g/mol. The number of nitrogens with zero attached hydrogens (tertiary/aromatic N) is 4. The third kappa shape index (κ3) is 3.30. The first-order chi connectivity index (χ1) is 10.7. The van der Waals surface area contributed by atoms with E-state index in [4.69, 9.17) is 16.3 Å². The van der Waals surface area contributed by atoms with Crippen LogP contribution < -0.4 is 0 Å². The van der Waals surface area contributed by atoms with Gasteiger partial charge in [-0.1, -0.05) is 16.8 Å². The number of halogens is 1. The molecule has 1 aromatic carbocycles. The van der Waals surface area contributed by atoms with E-state index in [0.717, 1.165) is 24.3 Å². The van der Waals surface area contributed by atoms with Gasteiger partial charge in [0.2, 0.25) is 0 Å². The van der Waals surface area contributed by atoms with Gasteiger partial charge in [-0.2, -0.15) is 0 Å². The van der Waals surface area contributed by atoms with E-state index >= 15 is 0 Å². The van der Waals surface area contributed by atoms with Crippen molar-refractivity contribution in [2.75, 3.05) is 20.3 Å². The molecule has 6 nitrogen and oxygen atoms in total. The predicted molar refractivity (Wildman–Crippen MR) is 83.1 cm³/mol. The molecule has 22 heavy (non-hydrogen) atoms. The zero-order chi connectivity index (χ0) is 15.5. The molecule has 1 aliphatic rings. The lowest BCUT2D eigenvalue weighted by molar-refractivity contribution is 0.107. The van der Waals surface area contributed by atoms with Crippen molar-refractivity contribution < 1.29 is 9.84 Å². The molecule has 1 aromatic heterocycles. The van der Waals surface area contributed by atoms with E-state index in [1.807, 2.05) is 30.5 Å². The molecule has 2 atom stereocenters. The number of aliphatic hydroxyl groups is 1. The molecule has 1 aliphatic heterocycles. The van der Waals surface area contributed by atoms with Crippen LogP contribution in [0.25, 0.3) is 5.69 Å². The number of methoxy groups -OCH3 is 1. The Hall–Kier alpha value is -1.47. The van der Waals surface area contributed by atoms with Gasteiger partial charge >= 0.3 is 0 Å². The van der Waals surface area contributed by atoms with Crippen LogP contribution in [0, 0.1) is 0 Å². The molecule has 0 saturated carbocycles. The molecule has 2 heterocycles. The van der Waals surface area contributed by atoms with Gasteiger partial charge in [-0.05, 0) is 30.7 Å². The average Bonchev–Trinajstić information content (AvgIpc) is 3.15. The quantitative estimate of drug-likeness (QED) is 0.904. The summed E-state index contributed by atoms with van der Waals surface area (Å²) >= 11 is 5.89. The summed E-state index contributed by atoms with van der Waals surface area (Å²) in [6.45, 7) is 1.58. The lowest BCUT2D eigenvalue weighted by Gasteiger charge is -2.20. The van der Waals surface area contributed by atoms with Crippen LogP contribution in [-0.2, 0) is 11.3 Å². The van der Waals surface area contributed by atoms with Crippen molar-refractivity contribution >= 4 is 11.6 Å². The van der Waals surface area contributed by atoms with Crippen LogP contribution in [0.2, 0.25) is 5.02 Å². The Balaban J connectivity index is 1.70. The van der Waals surface area contributed by atoms with Crippen molar-refractivity contribution in [3.05, 3.63) is 41.2 Å². The van der Waals surface area contributed by atoms with E-state index < -0.39 is 0 Å². The fraction of sp³-hybridized carbons (Fsp3) is 0.467. The molecule has 3 rings (SSSR count). The Morgan fingerprint density at radius 1 is 1.36 bits per heavy atom. The Morgan fingerprint density at radius 2 is 2.14 bits per heavy atom. The Labute approximate surface area is 134 Å². The standard InChI is InChI=1S/C15H19ClN4O2/c1-22-15-6-14(10-21)19(9-15)7-12-8-20(18-17-12)13-4-2-11(16)3-5-13/h2-5,8,14-15,21H,6-7,9-10H2,1H3/t14-,15-/m0/s1. The Bertz CT molecular complexity index is 616. The summed E-state index contributed by atoms with van der Waals surface area (Å²) in [4.78, 5) is 2.18. The van der Waals surface area contributed by atoms with E-state index in [1.165, 1.54) is 0 Å². The summed E-state index contributed by atoms with van der Waals surface area (Å²) in [5.74, 6) is 0. The summed E-state index contributed by atoms with van der Waals surface area (Å²) in [6, 6.07) is 7.56. The SMILES string of the molecule is CO[C@H]1C[C@@H](CO)N(Cc2cn(-c3ccc(Cl)cc3)nn2)C1. The van der Waals surface area contributed by atoms with E-state index in [0.29, 0.717) is 11.6 Å². The summed E-state index contributed by atoms with van der Waals surface area (Å²) in [6.07, 6.45) is 2.92. The topological polar surface area (TPSA) is 63.4 Å². The van der Waals surface area contributed by atoms with Crippen molar-refractivity contribution in [2.45, 2.75) is 25.1 Å². The van der Waals surface area contributed by atoms with Crippen molar-refractivity contribution in [2.24, 2.45) is 0 Å². The van der Waals surface area contributed by atoms with Crippen molar-refractivity contribution in [1.82, 2.24) is 19.9 Å². The first-order valence-electron chi connectivity index (χ1n) is 7.24. The van der Waals surface area contributed by atoms with E-state index in [-0.39, 0.29) is 18.8 Å². The fourth-order valence-electron chi connectivity index (χ4n) is 2.79. The number of hydrogen-bond acceptors (Lipinski definition) is 5. The molecule has 7 heteroatoms. The van der Waals surface area contributed by atoms with Gasteiger partial charge in [-0.3, -0.25) is 4.90 Å². The van der Waals surface area contributed by atoms with Gasteiger partial charge in [0, 0.05) is 31.3 Å². The minimum atomic E-state index is 0.116. The molecule has 0 unspecified atom stereocenters. The summed E-state index contributed by atoms with van der Waals surface area (Å²) in [5.41, 5.74) is 1.78. The minimum Gasteiger partial charge on any atom is -0.395 e. The maximum absolute atomic E-state index is 9.49. The monoisotopic (exact) mass is 322 g/mol. The van der Waals surface area contributed by atoms with Gasteiger partial charge in [-0.25, -0.2) is 4.68 Å². The molecule has 1 N–H and O–H groups in total. The largest absolute Gasteiger partial charge is 0.395 e. The van der Waals surface area contributed by atoms with Crippen LogP contribution in [0.1, 0.15) is 12.1 Å². The average molecular weight is 323 g/mol. The first-order valence-corrected chi connectivity index (χ1v) is 7.62. The lowest BCUT2D eigenvalue weighted by Crippen LogP contribution is -2.32. The van der Waals surface area contributed by atoms with Crippen molar-refractivity contribution in [3.63, 3.8) is 0 Å². The second-order valence-corrected chi connectivity index (χ2v) is 5.93. The highest BCUT2D eigenvalue weighted by molar-refractivity contribution is 6.30. The van der Waals surface area contributed by atoms with E-state index in [1.54, 1.807) is 11.8 Å². The molecule has 0 spiro atoms. The highest BCUT2D eigenvalue weighted by atomic mass is 35.5. The summed E-state index contributed by atoms with van der Waals surface area (Å²) in [5, 5.41) is 18.5. The number of benzene rings is 1. The second-order valence-electron chi connectivity index (χ2n) is 5.49. The van der Waals surface area contributed by atoms with Gasteiger partial charge in [0.15, 0.2) is 0 Å². The lowest BCUT2D eigenvalue weighted by atomic mass is 10.2. The van der Waals surface area contributed by atoms with Crippen LogP contribution in [0.5, 0.6) is 0 Å². The molecule has 118 valence electrons. The highest BCUT2D eigenvalue weighted by Crippen LogP contribution is 2.21. The molecule has 0 amide bonds. The van der Waals surface area contributed by atoms with Gasteiger partial charge in [0.05, 0.1) is 30.3 Å². The number of rotatable bonds is 5. The smallest absolute Gasteiger partial charge is 0.0971 e. The Kier molecular flexibility index (Phi) is 4.73. The first kappa shape index (κ1) is 15.4. The summed E-state index contributed by atoms with van der Waals surface area (Å²) in [7, 11) is 1.71. The molecule has 0 radical (unpaired) electrons. The number of ether oxygens (including phenoxy) is 1. The zero-order valence-electron chi connectivity index (χ0n) is 12.4. The maximum atomic E-state index is 9.49. The van der Waals surface area contributed by atoms with Crippen LogP contribution in [-0.4, -0.2) is 57.4 Å². The number of aromatic nitrogens is 3. The molecule has 1 saturated heterocycles. The summed E-state index contributed by atoms with van der Waals surface area (Å²) < 4.78 is 7.12. The van der Waals surface area contributed by atoms with Gasteiger partial charge in [0.1, 0.15) is 0 Å². The number of hydrogen-bond donors (Lipinski definition) is 1. The van der Waals surface area contributed by atoms with Crippen LogP contribution in [0.15, 0.2) is 30.5 Å². The third-order valence-electron chi connectivity index (χ3n) is 4.03. The van der Waals surface area contributed by atoms with E-state index in [2.05, 4.69) is 15.2 Å². The van der Waals surface area contributed by atoms with Crippen molar-refractivity contribution in [1.29, 1.82) is 0 Å². The maximum Gasteiger partial charge on any atom is 0.0971 e. The predicted octanol–water partition coefficient (Wildman–Crippen LogP) is 1.50. The minimum absolute atomic E-state index is 0.116. The third-order valence-corrected chi connectivity index (χ3v) is 4.28. The molecular formula is C15H19ClN4O2. The Morgan fingerprint density at radius 3 is 2.82 bits per heavy atom. The zero-order valence-corrected chi connectivity index (χ0v) is 13.1. The highest BCUT2D eigenvalue weighted by Gasteiger charge is 2.31. The van der Waals surface area contributed by atoms with Crippen molar-refractivity contribution in [3.8, 4) is 5.69 Å². The second kappa shape index (κ2) is 6.75. The molecule has 0 bridgehead atoms. The molecule has 2 aromatic rings. The number of likely N-dealkylation sites (tertiary alicyclic amines) is 1. The van der Waals surface area contributed by atoms with E-state index in [9.17, 15) is 5.11 Å². The van der Waals surface area contributed by atoms with Gasteiger partial charge in [0.25, 0.3) is 0 Å².